The van der Waals surface area contributed by atoms with E-state index in [1.54, 1.807) is 31.7 Å². The molecular formula is C16H23F2N3O2. The second-order valence-corrected chi connectivity index (χ2v) is 6.82. The summed E-state index contributed by atoms with van der Waals surface area (Å²) in [5.41, 5.74) is 5.58. The molecule has 0 radical (unpaired) electrons. The third-order valence-corrected chi connectivity index (χ3v) is 3.60. The Bertz CT molecular complexity index is 573. The van der Waals surface area contributed by atoms with Crippen LogP contribution < -0.4 is 5.73 Å². The Balaban J connectivity index is 2.14. The van der Waals surface area contributed by atoms with Crippen molar-refractivity contribution in [3.05, 3.63) is 23.5 Å². The zero-order chi connectivity index (χ0) is 17.2. The number of carbonyl (C=O) groups excluding carboxylic acids is 1. The van der Waals surface area contributed by atoms with Gasteiger partial charge in [0.1, 0.15) is 11.3 Å². The lowest BCUT2D eigenvalue weighted by Gasteiger charge is -2.34. The van der Waals surface area contributed by atoms with Gasteiger partial charge in [0.05, 0.1) is 0 Å². The van der Waals surface area contributed by atoms with Gasteiger partial charge in [-0.3, -0.25) is 4.98 Å². The van der Waals surface area contributed by atoms with Crippen LogP contribution in [0.1, 0.15) is 57.3 Å². The molecule has 2 N–H and O–H groups in total. The summed E-state index contributed by atoms with van der Waals surface area (Å²) in [6, 6.07) is 2.79. The number of rotatable bonds is 2. The number of pyridine rings is 1. The second-order valence-electron chi connectivity index (χ2n) is 6.82. The summed E-state index contributed by atoms with van der Waals surface area (Å²) in [5, 5.41) is 0. The second kappa shape index (κ2) is 6.68. The van der Waals surface area contributed by atoms with Crippen molar-refractivity contribution in [2.24, 2.45) is 0 Å². The van der Waals surface area contributed by atoms with Crippen molar-refractivity contribution < 1.29 is 18.3 Å². The van der Waals surface area contributed by atoms with Gasteiger partial charge in [0, 0.05) is 30.4 Å². The number of halogens is 2. The van der Waals surface area contributed by atoms with Crippen molar-refractivity contribution in [2.75, 3.05) is 18.8 Å². The third-order valence-electron chi connectivity index (χ3n) is 3.60. The van der Waals surface area contributed by atoms with E-state index in [-0.39, 0.29) is 23.4 Å². The van der Waals surface area contributed by atoms with Crippen molar-refractivity contribution in [3.8, 4) is 0 Å². The molecule has 1 aliphatic rings. The van der Waals surface area contributed by atoms with Gasteiger partial charge in [-0.15, -0.1) is 0 Å². The fourth-order valence-electron chi connectivity index (χ4n) is 2.63. The molecule has 0 saturated carbocycles. The SMILES string of the molecule is CC(C)(C)OC(=O)N1CCCC(c2cc(N)cc(C(F)F)n2)C1. The van der Waals surface area contributed by atoms with Crippen LogP contribution in [-0.4, -0.2) is 34.7 Å². The van der Waals surface area contributed by atoms with Gasteiger partial charge in [-0.1, -0.05) is 0 Å². The highest BCUT2D eigenvalue weighted by Crippen LogP contribution is 2.29. The largest absolute Gasteiger partial charge is 0.444 e. The summed E-state index contributed by atoms with van der Waals surface area (Å²) in [6.45, 7) is 6.41. The number of hydrogen-bond acceptors (Lipinski definition) is 4. The number of nitrogens with zero attached hydrogens (tertiary/aromatic N) is 2. The minimum Gasteiger partial charge on any atom is -0.444 e. The standard InChI is InChI=1S/C16H23F2N3O2/c1-16(2,3)23-15(22)21-6-4-5-10(9-21)12-7-11(19)8-13(20-12)14(17)18/h7-8,10,14H,4-6,9H2,1-3H3,(H2,19,20). The number of nitrogen functional groups attached to an aromatic ring is 1. The lowest BCUT2D eigenvalue weighted by Crippen LogP contribution is -2.42. The number of hydrogen-bond donors (Lipinski definition) is 1. The minimum absolute atomic E-state index is 0.114. The highest BCUT2D eigenvalue weighted by molar-refractivity contribution is 5.68. The highest BCUT2D eigenvalue weighted by Gasteiger charge is 2.29. The van der Waals surface area contributed by atoms with E-state index in [1.807, 2.05) is 0 Å². The summed E-state index contributed by atoms with van der Waals surface area (Å²) in [4.78, 5) is 17.8. The van der Waals surface area contributed by atoms with E-state index in [4.69, 9.17) is 10.5 Å². The predicted molar refractivity (Wildman–Crippen MR) is 83.4 cm³/mol. The molecule has 1 aromatic heterocycles. The molecular weight excluding hydrogens is 304 g/mol. The van der Waals surface area contributed by atoms with E-state index >= 15 is 0 Å². The van der Waals surface area contributed by atoms with Gasteiger partial charge in [-0.25, -0.2) is 13.6 Å². The molecule has 1 aromatic rings. The Kier molecular flexibility index (Phi) is 5.06. The number of piperidine rings is 1. The maximum absolute atomic E-state index is 12.9. The Morgan fingerprint density at radius 3 is 2.74 bits per heavy atom. The Hall–Kier alpha value is -1.92. The lowest BCUT2D eigenvalue weighted by atomic mass is 9.94. The quantitative estimate of drug-likeness (QED) is 0.899. The first-order valence-electron chi connectivity index (χ1n) is 7.69. The summed E-state index contributed by atoms with van der Waals surface area (Å²) in [7, 11) is 0. The molecule has 1 amide bonds. The average molecular weight is 327 g/mol. The molecule has 0 bridgehead atoms. The molecule has 5 nitrogen and oxygen atoms in total. The van der Waals surface area contributed by atoms with Gasteiger partial charge in [-0.2, -0.15) is 0 Å². The van der Waals surface area contributed by atoms with Gasteiger partial charge < -0.3 is 15.4 Å². The number of ether oxygens (including phenoxy) is 1. The first kappa shape index (κ1) is 17.4. The Labute approximate surface area is 134 Å². The maximum Gasteiger partial charge on any atom is 0.410 e. The van der Waals surface area contributed by atoms with Crippen LogP contribution >= 0.6 is 0 Å². The zero-order valence-corrected chi connectivity index (χ0v) is 13.7. The molecule has 0 aliphatic carbocycles. The average Bonchev–Trinajstić information content (AvgIpc) is 2.45. The molecule has 1 aliphatic heterocycles. The first-order chi connectivity index (χ1) is 10.7. The molecule has 1 atom stereocenters. The molecule has 1 unspecified atom stereocenters. The number of anilines is 1. The first-order valence-corrected chi connectivity index (χ1v) is 7.69. The molecule has 7 heteroatoms. The van der Waals surface area contributed by atoms with Crippen LogP contribution in [0.25, 0.3) is 0 Å². The Morgan fingerprint density at radius 1 is 1.43 bits per heavy atom. The van der Waals surface area contributed by atoms with Crippen LogP contribution in [0, 0.1) is 0 Å². The molecule has 23 heavy (non-hydrogen) atoms. The van der Waals surface area contributed by atoms with Crippen molar-refractivity contribution in [1.29, 1.82) is 0 Å². The van der Waals surface area contributed by atoms with E-state index in [9.17, 15) is 13.6 Å². The van der Waals surface area contributed by atoms with Crippen LogP contribution in [-0.2, 0) is 4.74 Å². The van der Waals surface area contributed by atoms with Gasteiger partial charge in [0.15, 0.2) is 0 Å². The molecule has 0 aromatic carbocycles. The fraction of sp³-hybridized carbons (Fsp3) is 0.625. The molecule has 2 rings (SSSR count). The summed E-state index contributed by atoms with van der Waals surface area (Å²) in [5.74, 6) is -0.114. The summed E-state index contributed by atoms with van der Waals surface area (Å²) < 4.78 is 31.1. The van der Waals surface area contributed by atoms with Crippen molar-refractivity contribution in [3.63, 3.8) is 0 Å². The number of amides is 1. The van der Waals surface area contributed by atoms with Crippen LogP contribution in [0.2, 0.25) is 0 Å². The lowest BCUT2D eigenvalue weighted by molar-refractivity contribution is 0.0197. The van der Waals surface area contributed by atoms with Gasteiger partial charge in [0.2, 0.25) is 0 Å². The summed E-state index contributed by atoms with van der Waals surface area (Å²) >= 11 is 0. The van der Waals surface area contributed by atoms with Crippen LogP contribution in [0.15, 0.2) is 12.1 Å². The molecule has 128 valence electrons. The van der Waals surface area contributed by atoms with Gasteiger partial charge in [-0.05, 0) is 45.7 Å². The van der Waals surface area contributed by atoms with E-state index < -0.39 is 12.0 Å². The van der Waals surface area contributed by atoms with Crippen molar-refractivity contribution in [1.82, 2.24) is 9.88 Å². The number of alkyl halides is 2. The number of nitrogens with two attached hydrogens (primary N) is 1. The number of aromatic nitrogens is 1. The number of carbonyl (C=O) groups is 1. The monoisotopic (exact) mass is 327 g/mol. The van der Waals surface area contributed by atoms with E-state index in [0.717, 1.165) is 12.8 Å². The molecule has 1 fully saturated rings. The van der Waals surface area contributed by atoms with E-state index in [0.29, 0.717) is 18.8 Å². The van der Waals surface area contributed by atoms with Crippen molar-refractivity contribution >= 4 is 11.8 Å². The van der Waals surface area contributed by atoms with Crippen LogP contribution in [0.3, 0.4) is 0 Å². The van der Waals surface area contributed by atoms with E-state index in [2.05, 4.69) is 4.98 Å². The molecule has 0 spiro atoms. The smallest absolute Gasteiger partial charge is 0.410 e. The zero-order valence-electron chi connectivity index (χ0n) is 13.7. The molecule has 1 saturated heterocycles. The fourth-order valence-corrected chi connectivity index (χ4v) is 2.63. The number of likely N-dealkylation sites (tertiary alicyclic amines) is 1. The minimum atomic E-state index is -2.66. The third kappa shape index (κ3) is 4.77. The van der Waals surface area contributed by atoms with Gasteiger partial charge >= 0.3 is 6.09 Å². The van der Waals surface area contributed by atoms with Crippen molar-refractivity contribution in [2.45, 2.75) is 51.6 Å². The Morgan fingerprint density at radius 2 is 2.13 bits per heavy atom. The van der Waals surface area contributed by atoms with Crippen LogP contribution in [0.4, 0.5) is 19.3 Å². The topological polar surface area (TPSA) is 68.5 Å². The van der Waals surface area contributed by atoms with Crippen LogP contribution in [0.5, 0.6) is 0 Å². The highest BCUT2D eigenvalue weighted by atomic mass is 19.3. The molecule has 2 heterocycles. The normalized spacial score (nSPS) is 19.0. The summed E-state index contributed by atoms with van der Waals surface area (Å²) in [6.07, 6.45) is -1.51. The van der Waals surface area contributed by atoms with E-state index in [1.165, 1.54) is 6.07 Å². The maximum atomic E-state index is 12.9. The predicted octanol–water partition coefficient (Wildman–Crippen LogP) is 3.72. The van der Waals surface area contributed by atoms with Gasteiger partial charge in [0.25, 0.3) is 6.43 Å².